The van der Waals surface area contributed by atoms with E-state index in [0.29, 0.717) is 22.6 Å². The number of pyridine rings is 1. The number of anilines is 1. The van der Waals surface area contributed by atoms with E-state index in [2.05, 4.69) is 22.4 Å². The third-order valence-corrected chi connectivity index (χ3v) is 6.55. The summed E-state index contributed by atoms with van der Waals surface area (Å²) >= 11 is 0. The van der Waals surface area contributed by atoms with Crippen molar-refractivity contribution in [3.8, 4) is 0 Å². The summed E-state index contributed by atoms with van der Waals surface area (Å²) < 4.78 is 25.5. The number of nitrogens with zero attached hydrogens (tertiary/aromatic N) is 1. The predicted molar refractivity (Wildman–Crippen MR) is 121 cm³/mol. The van der Waals surface area contributed by atoms with Gasteiger partial charge in [-0.1, -0.05) is 6.07 Å². The first kappa shape index (κ1) is 20.9. The van der Waals surface area contributed by atoms with Gasteiger partial charge in [-0.3, -0.25) is 9.78 Å². The van der Waals surface area contributed by atoms with Gasteiger partial charge in [-0.05, 0) is 75.8 Å². The van der Waals surface area contributed by atoms with E-state index in [0.717, 1.165) is 61.6 Å². The minimum Gasteiger partial charge on any atom is -0.482 e. The second-order valence-corrected chi connectivity index (χ2v) is 9.19. The van der Waals surface area contributed by atoms with Crippen LogP contribution in [0.4, 0.5) is 10.1 Å². The van der Waals surface area contributed by atoms with Gasteiger partial charge in [-0.25, -0.2) is 4.39 Å². The molecule has 1 N–H and O–H groups in total. The first-order chi connectivity index (χ1) is 15.4. The number of allylic oxidation sites excluding steroid dienone is 1. The number of rotatable bonds is 4. The number of aromatic nitrogens is 1. The van der Waals surface area contributed by atoms with Crippen LogP contribution in [0.15, 0.2) is 48.4 Å². The molecule has 0 atom stereocenters. The number of hydrogen-bond donors (Lipinski definition) is 1. The molecule has 4 heterocycles. The topological polar surface area (TPSA) is 60.5 Å². The number of nitrogens with one attached hydrogen (secondary N) is 1. The fourth-order valence-corrected chi connectivity index (χ4v) is 4.72. The second-order valence-electron chi connectivity index (χ2n) is 9.19. The lowest BCUT2D eigenvalue weighted by Crippen LogP contribution is -2.21. The Morgan fingerprint density at radius 3 is 2.75 bits per heavy atom. The van der Waals surface area contributed by atoms with Gasteiger partial charge in [0, 0.05) is 47.5 Å². The number of hydrogen-bond acceptors (Lipinski definition) is 4. The molecule has 3 aliphatic heterocycles. The summed E-state index contributed by atoms with van der Waals surface area (Å²) in [6, 6.07) is 8.42. The number of benzene rings is 1. The lowest BCUT2D eigenvalue weighted by molar-refractivity contribution is -0.111. The molecule has 1 aromatic carbocycles. The van der Waals surface area contributed by atoms with Crippen molar-refractivity contribution in [2.24, 2.45) is 5.92 Å². The number of fused-ring (bicyclic) bond motifs is 1. The fraction of sp³-hybridized carbons (Fsp3) is 0.385. The van der Waals surface area contributed by atoms with Crippen molar-refractivity contribution < 1.29 is 18.7 Å². The maximum Gasteiger partial charge on any atom is 0.260 e. The maximum absolute atomic E-state index is 13.8. The zero-order valence-electron chi connectivity index (χ0n) is 18.4. The lowest BCUT2D eigenvalue weighted by Gasteiger charge is -2.23. The molecule has 32 heavy (non-hydrogen) atoms. The van der Waals surface area contributed by atoms with Crippen LogP contribution in [0.25, 0.3) is 11.1 Å². The average molecular weight is 435 g/mol. The highest BCUT2D eigenvalue weighted by Crippen LogP contribution is 2.44. The van der Waals surface area contributed by atoms with Crippen molar-refractivity contribution in [3.63, 3.8) is 0 Å². The van der Waals surface area contributed by atoms with Gasteiger partial charge in [0.25, 0.3) is 5.91 Å². The Hall–Kier alpha value is -2.99. The molecule has 0 radical (unpaired) electrons. The van der Waals surface area contributed by atoms with E-state index in [1.165, 1.54) is 12.1 Å². The van der Waals surface area contributed by atoms with E-state index in [4.69, 9.17) is 9.47 Å². The molecule has 2 aromatic rings. The van der Waals surface area contributed by atoms with Crippen molar-refractivity contribution in [2.75, 3.05) is 18.5 Å². The van der Waals surface area contributed by atoms with Crippen LogP contribution in [0.5, 0.6) is 0 Å². The minimum atomic E-state index is -0.635. The molecule has 3 aliphatic rings. The molecule has 1 fully saturated rings. The Balaban J connectivity index is 1.40. The molecule has 166 valence electrons. The molecule has 0 aliphatic carbocycles. The van der Waals surface area contributed by atoms with E-state index in [1.807, 2.05) is 26.1 Å². The summed E-state index contributed by atoms with van der Waals surface area (Å²) in [7, 11) is 0. The average Bonchev–Trinajstić information content (AvgIpc) is 3.27. The van der Waals surface area contributed by atoms with Gasteiger partial charge in [0.05, 0.1) is 5.57 Å². The quantitative estimate of drug-likeness (QED) is 0.678. The lowest BCUT2D eigenvalue weighted by atomic mass is 9.92. The molecule has 1 amide bonds. The number of aryl methyl sites for hydroxylation is 1. The van der Waals surface area contributed by atoms with E-state index in [-0.39, 0.29) is 11.7 Å². The summed E-state index contributed by atoms with van der Waals surface area (Å²) in [6.45, 7) is 5.66. The molecule has 0 saturated carbocycles. The monoisotopic (exact) mass is 434 g/mol. The first-order valence-electron chi connectivity index (χ1n) is 11.2. The molecule has 0 spiro atoms. The Morgan fingerprint density at radius 1 is 1.19 bits per heavy atom. The summed E-state index contributed by atoms with van der Waals surface area (Å²) in [6.07, 6.45) is 8.12. The smallest absolute Gasteiger partial charge is 0.260 e. The number of amides is 1. The van der Waals surface area contributed by atoms with Crippen LogP contribution in [-0.4, -0.2) is 29.7 Å². The van der Waals surface area contributed by atoms with Gasteiger partial charge in [-0.15, -0.1) is 0 Å². The largest absolute Gasteiger partial charge is 0.482 e. The highest BCUT2D eigenvalue weighted by atomic mass is 19.1. The molecule has 1 aromatic heterocycles. The van der Waals surface area contributed by atoms with Crippen molar-refractivity contribution in [1.82, 2.24) is 4.98 Å². The van der Waals surface area contributed by atoms with Gasteiger partial charge < -0.3 is 14.8 Å². The number of ether oxygens (including phenoxy) is 2. The van der Waals surface area contributed by atoms with Crippen LogP contribution in [0.3, 0.4) is 0 Å². The van der Waals surface area contributed by atoms with Gasteiger partial charge in [0.1, 0.15) is 17.2 Å². The molecule has 0 bridgehead atoms. The zero-order valence-corrected chi connectivity index (χ0v) is 18.4. The number of halogens is 1. The molecular formula is C26H27FN2O3. The van der Waals surface area contributed by atoms with Crippen molar-refractivity contribution >= 4 is 22.7 Å². The molecule has 5 nitrogen and oxygen atoms in total. The van der Waals surface area contributed by atoms with E-state index in [1.54, 1.807) is 6.07 Å². The van der Waals surface area contributed by atoms with Crippen LogP contribution >= 0.6 is 0 Å². The van der Waals surface area contributed by atoms with E-state index in [9.17, 15) is 9.18 Å². The Morgan fingerprint density at radius 2 is 2.00 bits per heavy atom. The summed E-state index contributed by atoms with van der Waals surface area (Å²) in [4.78, 5) is 17.3. The van der Waals surface area contributed by atoms with Gasteiger partial charge in [-0.2, -0.15) is 0 Å². The summed E-state index contributed by atoms with van der Waals surface area (Å²) in [5, 5.41) is 2.79. The van der Waals surface area contributed by atoms with Crippen LogP contribution in [0, 0.1) is 11.7 Å². The number of carbonyl (C=O) groups excluding carboxylic acids is 1. The Bertz CT molecular complexity index is 1110. The number of carbonyl (C=O) groups is 1. The van der Waals surface area contributed by atoms with Crippen molar-refractivity contribution in [2.45, 2.75) is 45.1 Å². The fourth-order valence-electron chi connectivity index (χ4n) is 4.72. The zero-order chi connectivity index (χ0) is 22.3. The maximum atomic E-state index is 13.8. The van der Waals surface area contributed by atoms with Crippen LogP contribution in [-0.2, 0) is 20.7 Å². The predicted octanol–water partition coefficient (Wildman–Crippen LogP) is 5.14. The summed E-state index contributed by atoms with van der Waals surface area (Å²) in [5.41, 5.74) is 3.83. The van der Waals surface area contributed by atoms with Gasteiger partial charge in [0.15, 0.2) is 0 Å². The van der Waals surface area contributed by atoms with Crippen LogP contribution in [0.1, 0.15) is 49.9 Å². The molecule has 6 heteroatoms. The normalized spacial score (nSPS) is 22.3. The standard InChI is InChI=1S/C26H27FN2O3/c1-26(2)21(17-4-7-19(28-15-17)6-3-16-9-11-31-12-10-16)14-23(32-26)24-20-13-18(27)5-8-22(20)29-25(24)30/h4-5,7-8,13-16H,3,6,9-12H2,1-2H3,(H,29,30)/b24-23+. The van der Waals surface area contributed by atoms with Gasteiger partial charge in [0.2, 0.25) is 0 Å². The van der Waals surface area contributed by atoms with Gasteiger partial charge >= 0.3 is 0 Å². The molecule has 5 rings (SSSR count). The SMILES string of the molecule is CC1(C)O/C(=C2/C(=O)Nc3ccc(F)cc32)C=C1c1ccc(CCC2CCOCC2)nc1. The third-order valence-electron chi connectivity index (χ3n) is 6.55. The molecular weight excluding hydrogens is 407 g/mol. The molecule has 0 unspecified atom stereocenters. The minimum absolute atomic E-state index is 0.282. The van der Waals surface area contributed by atoms with Crippen LogP contribution in [0.2, 0.25) is 0 Å². The Kier molecular flexibility index (Phi) is 5.33. The third kappa shape index (κ3) is 3.95. The van der Waals surface area contributed by atoms with Crippen molar-refractivity contribution in [3.05, 3.63) is 71.0 Å². The highest BCUT2D eigenvalue weighted by molar-refractivity contribution is 6.32. The highest BCUT2D eigenvalue weighted by Gasteiger charge is 2.38. The van der Waals surface area contributed by atoms with E-state index >= 15 is 0 Å². The van der Waals surface area contributed by atoms with E-state index < -0.39 is 5.60 Å². The summed E-state index contributed by atoms with van der Waals surface area (Å²) in [5.74, 6) is 0.501. The van der Waals surface area contributed by atoms with Crippen molar-refractivity contribution in [1.29, 1.82) is 0 Å². The Labute approximate surface area is 187 Å². The first-order valence-corrected chi connectivity index (χ1v) is 11.2. The second kappa shape index (κ2) is 8.17. The van der Waals surface area contributed by atoms with Crippen LogP contribution < -0.4 is 5.32 Å². The molecule has 1 saturated heterocycles.